The molecule has 0 radical (unpaired) electrons. The standard InChI is InChI=1S/C36H45F2N5O9S/c1-20-8-4-5-9-22-16-36(22,33(46)42-53(49,50)35(3)12-13-35)41-30(44)26-15-23(18-43(26)32(45)29(21(2)14-20)40-34(47)48)52-31-25-11-7-6-10-24(25)27(17-39-31)51-19-28(37)38/h5-7,9-11,17,20-23,26,28-29,40H,4,8,12-16,18-19H2,1-3H3,(H,41,44)(H,42,46)(H,47,48)/t20-,21+,22+,23+,26-,29-,36+/m0/s1. The van der Waals surface area contributed by atoms with E-state index < -0.39 is 87.2 Å². The van der Waals surface area contributed by atoms with Crippen molar-refractivity contribution in [1.29, 1.82) is 0 Å². The largest absolute Gasteiger partial charge is 0.485 e. The van der Waals surface area contributed by atoms with Crippen molar-refractivity contribution >= 4 is 44.6 Å². The minimum atomic E-state index is -4.04. The molecule has 14 nitrogen and oxygen atoms in total. The van der Waals surface area contributed by atoms with Crippen LogP contribution in [0, 0.1) is 17.8 Å². The number of alkyl halides is 2. The number of aromatic nitrogens is 1. The second-order valence-corrected chi connectivity index (χ2v) is 17.3. The number of carboxylic acid groups (broad SMARTS) is 1. The molecule has 2 aliphatic heterocycles. The number of sulfonamides is 1. The number of hydrogen-bond donors (Lipinski definition) is 4. The third-order valence-corrected chi connectivity index (χ3v) is 13.1. The monoisotopic (exact) mass is 761 g/mol. The number of amides is 4. The van der Waals surface area contributed by atoms with Crippen molar-refractivity contribution in [3.8, 4) is 11.6 Å². The second kappa shape index (κ2) is 14.7. The van der Waals surface area contributed by atoms with Crippen molar-refractivity contribution in [2.45, 2.75) is 101 Å². The fraction of sp³-hybridized carbons (Fsp3) is 0.583. The van der Waals surface area contributed by atoms with Crippen LogP contribution in [0.4, 0.5) is 13.6 Å². The van der Waals surface area contributed by atoms with Crippen LogP contribution in [0.5, 0.6) is 11.6 Å². The molecule has 1 saturated heterocycles. The molecule has 6 rings (SSSR count). The van der Waals surface area contributed by atoms with Gasteiger partial charge in [0, 0.05) is 23.1 Å². The van der Waals surface area contributed by atoms with Gasteiger partial charge in [-0.15, -0.1) is 0 Å². The van der Waals surface area contributed by atoms with Crippen molar-refractivity contribution < 1.29 is 51.0 Å². The number of allylic oxidation sites excluding steroid dienone is 1. The zero-order valence-electron chi connectivity index (χ0n) is 29.7. The molecular weight excluding hydrogens is 716 g/mol. The molecule has 2 saturated carbocycles. The van der Waals surface area contributed by atoms with Gasteiger partial charge in [-0.1, -0.05) is 44.2 Å². The van der Waals surface area contributed by atoms with Gasteiger partial charge in [-0.2, -0.15) is 0 Å². The van der Waals surface area contributed by atoms with Crippen LogP contribution in [-0.4, -0.2) is 95.3 Å². The van der Waals surface area contributed by atoms with Crippen molar-refractivity contribution in [1.82, 2.24) is 25.2 Å². The first-order valence-corrected chi connectivity index (χ1v) is 19.3. The highest BCUT2D eigenvalue weighted by Gasteiger charge is 2.63. The first-order valence-electron chi connectivity index (χ1n) is 17.8. The summed E-state index contributed by atoms with van der Waals surface area (Å²) in [5, 5.41) is 15.8. The number of fused-ring (bicyclic) bond motifs is 3. The summed E-state index contributed by atoms with van der Waals surface area (Å²) in [6.07, 6.45) is 2.65. The fourth-order valence-electron chi connectivity index (χ4n) is 7.39. The lowest BCUT2D eigenvalue weighted by molar-refractivity contribution is -0.142. The van der Waals surface area contributed by atoms with Crippen LogP contribution in [-0.2, 0) is 24.4 Å². The predicted molar refractivity (Wildman–Crippen MR) is 188 cm³/mol. The zero-order valence-corrected chi connectivity index (χ0v) is 30.5. The van der Waals surface area contributed by atoms with Gasteiger partial charge in [-0.3, -0.25) is 19.1 Å². The predicted octanol–water partition coefficient (Wildman–Crippen LogP) is 3.75. The molecule has 0 bridgehead atoms. The van der Waals surface area contributed by atoms with E-state index in [1.165, 1.54) is 11.1 Å². The van der Waals surface area contributed by atoms with Crippen LogP contribution >= 0.6 is 0 Å². The van der Waals surface area contributed by atoms with E-state index in [1.54, 1.807) is 38.1 Å². The fourth-order valence-corrected chi connectivity index (χ4v) is 8.70. The molecule has 3 fully saturated rings. The van der Waals surface area contributed by atoms with Crippen molar-refractivity contribution in [3.05, 3.63) is 42.6 Å². The number of carbonyl (C=O) groups is 4. The van der Waals surface area contributed by atoms with Gasteiger partial charge >= 0.3 is 6.09 Å². The molecule has 17 heteroatoms. The summed E-state index contributed by atoms with van der Waals surface area (Å²) in [4.78, 5) is 59.9. The summed E-state index contributed by atoms with van der Waals surface area (Å²) in [6.45, 7) is 4.31. The topological polar surface area (TPSA) is 193 Å². The number of carbonyl (C=O) groups excluding carboxylic acids is 3. The van der Waals surface area contributed by atoms with Crippen LogP contribution in [0.2, 0.25) is 0 Å². The number of nitrogens with one attached hydrogen (secondary N) is 3. The number of pyridine rings is 1. The molecule has 53 heavy (non-hydrogen) atoms. The molecule has 1 aromatic carbocycles. The number of ether oxygens (including phenoxy) is 2. The highest BCUT2D eigenvalue weighted by atomic mass is 32.2. The van der Waals surface area contributed by atoms with E-state index in [4.69, 9.17) is 9.47 Å². The lowest BCUT2D eigenvalue weighted by Crippen LogP contribution is -2.59. The first kappa shape index (κ1) is 38.2. The molecule has 288 valence electrons. The maximum absolute atomic E-state index is 14.4. The number of nitrogens with zero attached hydrogens (tertiary/aromatic N) is 2. The average Bonchev–Trinajstić information content (AvgIpc) is 3.98. The zero-order chi connectivity index (χ0) is 38.3. The third kappa shape index (κ3) is 8.04. The Bertz CT molecular complexity index is 1910. The molecule has 0 unspecified atom stereocenters. The minimum Gasteiger partial charge on any atom is -0.485 e. The van der Waals surface area contributed by atoms with Crippen molar-refractivity contribution in [3.63, 3.8) is 0 Å². The summed E-state index contributed by atoms with van der Waals surface area (Å²) in [5.74, 6) is -2.93. The van der Waals surface area contributed by atoms with Gasteiger partial charge < -0.3 is 30.1 Å². The Labute approximate surface area is 306 Å². The Kier molecular flexibility index (Phi) is 10.6. The first-order chi connectivity index (χ1) is 25.0. The highest BCUT2D eigenvalue weighted by Crippen LogP contribution is 2.47. The van der Waals surface area contributed by atoms with Gasteiger partial charge in [0.25, 0.3) is 12.3 Å². The van der Waals surface area contributed by atoms with E-state index in [9.17, 15) is 41.5 Å². The lowest BCUT2D eigenvalue weighted by atomic mass is 9.88. The summed E-state index contributed by atoms with van der Waals surface area (Å²) in [5.41, 5.74) is -1.59. The Morgan fingerprint density at radius 3 is 2.55 bits per heavy atom. The normalized spacial score (nSPS) is 30.0. The van der Waals surface area contributed by atoms with E-state index in [-0.39, 0.29) is 36.9 Å². The summed E-state index contributed by atoms with van der Waals surface area (Å²) in [7, 11) is -4.04. The third-order valence-electron chi connectivity index (χ3n) is 10.9. The Hall–Kier alpha value is -4.54. The van der Waals surface area contributed by atoms with Gasteiger partial charge in [0.2, 0.25) is 27.7 Å². The molecule has 7 atom stereocenters. The molecule has 3 heterocycles. The van der Waals surface area contributed by atoms with E-state index in [0.717, 1.165) is 0 Å². The van der Waals surface area contributed by atoms with Crippen molar-refractivity contribution in [2.75, 3.05) is 13.2 Å². The molecule has 4 aliphatic rings. The van der Waals surface area contributed by atoms with Gasteiger partial charge in [0.1, 0.15) is 36.1 Å². The minimum absolute atomic E-state index is 0.0829. The Balaban J connectivity index is 1.33. The van der Waals surface area contributed by atoms with E-state index in [2.05, 4.69) is 20.3 Å². The molecular formula is C36H45F2N5O9S. The van der Waals surface area contributed by atoms with E-state index in [1.807, 2.05) is 19.1 Å². The number of hydrogen-bond acceptors (Lipinski definition) is 9. The van der Waals surface area contributed by atoms with E-state index in [0.29, 0.717) is 42.9 Å². The van der Waals surface area contributed by atoms with Crippen LogP contribution in [0.3, 0.4) is 0 Å². The molecule has 0 spiro atoms. The van der Waals surface area contributed by atoms with Gasteiger partial charge in [0.05, 0.1) is 17.5 Å². The molecule has 2 aromatic rings. The second-order valence-electron chi connectivity index (χ2n) is 15.1. The molecule has 2 aliphatic carbocycles. The molecule has 4 N–H and O–H groups in total. The summed E-state index contributed by atoms with van der Waals surface area (Å²) < 4.78 is 64.7. The number of rotatable bonds is 9. The SMILES string of the molecule is C[C@H]1CCC=C[C@@H]2C[C@@]2(C(=O)NS(=O)(=O)C2(C)CC2)NC(=O)[C@@H]2C[C@@H](Oc3ncc(OCC(F)F)c4ccccc34)CN2C(=O)[C@@H](NC(=O)O)[C@H](C)C1. The molecule has 4 amide bonds. The van der Waals surface area contributed by atoms with Crippen LogP contribution < -0.4 is 24.8 Å². The molecule has 1 aromatic heterocycles. The average molecular weight is 762 g/mol. The quantitative estimate of drug-likeness (QED) is 0.274. The number of halogens is 2. The van der Waals surface area contributed by atoms with E-state index >= 15 is 0 Å². The Morgan fingerprint density at radius 2 is 1.87 bits per heavy atom. The van der Waals surface area contributed by atoms with Crippen molar-refractivity contribution in [2.24, 2.45) is 17.8 Å². The van der Waals surface area contributed by atoms with Crippen LogP contribution in [0.1, 0.15) is 65.7 Å². The van der Waals surface area contributed by atoms with Crippen LogP contribution in [0.25, 0.3) is 10.8 Å². The Morgan fingerprint density at radius 1 is 1.15 bits per heavy atom. The maximum atomic E-state index is 14.4. The van der Waals surface area contributed by atoms with Gasteiger partial charge in [0.15, 0.2) is 0 Å². The maximum Gasteiger partial charge on any atom is 0.405 e. The highest BCUT2D eigenvalue weighted by molar-refractivity contribution is 7.91. The summed E-state index contributed by atoms with van der Waals surface area (Å²) >= 11 is 0. The number of benzene rings is 1. The van der Waals surface area contributed by atoms with Gasteiger partial charge in [-0.25, -0.2) is 27.0 Å². The van der Waals surface area contributed by atoms with Gasteiger partial charge in [-0.05, 0) is 63.4 Å². The van der Waals surface area contributed by atoms with Crippen LogP contribution in [0.15, 0.2) is 42.6 Å². The smallest absolute Gasteiger partial charge is 0.405 e. The lowest BCUT2D eigenvalue weighted by Gasteiger charge is -2.32. The summed E-state index contributed by atoms with van der Waals surface area (Å²) in [6, 6.07) is 4.24.